The summed E-state index contributed by atoms with van der Waals surface area (Å²) in [4.78, 5) is 28.3. The minimum Gasteiger partial charge on any atom is -0.497 e. The maximum atomic E-state index is 12.3. The molecule has 0 unspecified atom stereocenters. The van der Waals surface area contributed by atoms with E-state index in [1.54, 1.807) is 31.4 Å². The molecule has 2 rings (SSSR count). The Hall–Kier alpha value is -2.89. The fourth-order valence-electron chi connectivity index (χ4n) is 2.05. The Labute approximate surface area is 141 Å². The summed E-state index contributed by atoms with van der Waals surface area (Å²) in [5, 5.41) is 5.57. The zero-order chi connectivity index (χ0) is 17.4. The summed E-state index contributed by atoms with van der Waals surface area (Å²) in [6.45, 7) is 2.66. The van der Waals surface area contributed by atoms with Gasteiger partial charge in [0.05, 0.1) is 18.2 Å². The second-order valence-corrected chi connectivity index (χ2v) is 5.25. The summed E-state index contributed by atoms with van der Waals surface area (Å²) >= 11 is 0. The van der Waals surface area contributed by atoms with Gasteiger partial charge in [-0.25, -0.2) is 0 Å². The number of methoxy groups -OCH3 is 1. The molecule has 0 saturated carbocycles. The predicted octanol–water partition coefficient (Wildman–Crippen LogP) is 2.87. The first-order chi connectivity index (χ1) is 11.6. The van der Waals surface area contributed by atoms with E-state index >= 15 is 0 Å². The Bertz CT molecular complexity index is 699. The summed E-state index contributed by atoms with van der Waals surface area (Å²) in [6, 6.07) is 8.53. The number of nitrogens with zero attached hydrogens (tertiary/aromatic N) is 1. The first-order valence-corrected chi connectivity index (χ1v) is 7.82. The molecule has 0 saturated heterocycles. The summed E-state index contributed by atoms with van der Waals surface area (Å²) in [5.74, 6) is 0.159. The van der Waals surface area contributed by atoms with Crippen molar-refractivity contribution in [3.05, 3.63) is 53.9 Å². The van der Waals surface area contributed by atoms with E-state index in [0.717, 1.165) is 12.8 Å². The van der Waals surface area contributed by atoms with Gasteiger partial charge in [0.2, 0.25) is 0 Å². The Morgan fingerprint density at radius 2 is 1.75 bits per heavy atom. The Morgan fingerprint density at radius 3 is 2.38 bits per heavy atom. The molecule has 0 spiro atoms. The van der Waals surface area contributed by atoms with E-state index in [1.807, 2.05) is 0 Å². The molecule has 0 fully saturated rings. The lowest BCUT2D eigenvalue weighted by atomic mass is 10.1. The summed E-state index contributed by atoms with van der Waals surface area (Å²) < 4.78 is 5.07. The molecule has 2 N–H and O–H groups in total. The highest BCUT2D eigenvalue weighted by Crippen LogP contribution is 2.16. The standard InChI is InChI=1S/C18H21N3O3/c1-3-4-9-20-17(22)13-10-14(12-19-11-13)18(23)21-15-5-7-16(24-2)8-6-15/h5-8,10-12H,3-4,9H2,1-2H3,(H,20,22)(H,21,23). The lowest BCUT2D eigenvalue weighted by Crippen LogP contribution is -2.25. The first-order valence-electron chi connectivity index (χ1n) is 7.82. The Kier molecular flexibility index (Phi) is 6.31. The van der Waals surface area contributed by atoms with Gasteiger partial charge in [0, 0.05) is 24.6 Å². The van der Waals surface area contributed by atoms with Gasteiger partial charge in [0.1, 0.15) is 5.75 Å². The van der Waals surface area contributed by atoms with E-state index in [1.165, 1.54) is 18.5 Å². The molecule has 0 aliphatic carbocycles. The number of benzene rings is 1. The second kappa shape index (κ2) is 8.67. The highest BCUT2D eigenvalue weighted by molar-refractivity contribution is 6.05. The number of ether oxygens (including phenoxy) is 1. The Balaban J connectivity index is 2.03. The molecule has 24 heavy (non-hydrogen) atoms. The summed E-state index contributed by atoms with van der Waals surface area (Å²) in [6.07, 6.45) is 4.80. The molecule has 0 aliphatic rings. The molecule has 0 aliphatic heterocycles. The van der Waals surface area contributed by atoms with Crippen molar-refractivity contribution >= 4 is 17.5 Å². The minimum atomic E-state index is -0.323. The molecular weight excluding hydrogens is 306 g/mol. The van der Waals surface area contributed by atoms with Crippen LogP contribution in [0.2, 0.25) is 0 Å². The molecule has 0 radical (unpaired) electrons. The lowest BCUT2D eigenvalue weighted by Gasteiger charge is -2.08. The van der Waals surface area contributed by atoms with Crippen molar-refractivity contribution in [3.63, 3.8) is 0 Å². The maximum Gasteiger partial charge on any atom is 0.257 e. The quantitative estimate of drug-likeness (QED) is 0.766. The van der Waals surface area contributed by atoms with E-state index < -0.39 is 0 Å². The van der Waals surface area contributed by atoms with Gasteiger partial charge in [-0.05, 0) is 36.8 Å². The van der Waals surface area contributed by atoms with Crippen LogP contribution in [0.1, 0.15) is 40.5 Å². The number of nitrogens with one attached hydrogen (secondary N) is 2. The third kappa shape index (κ3) is 4.81. The lowest BCUT2D eigenvalue weighted by molar-refractivity contribution is 0.0953. The van der Waals surface area contributed by atoms with Gasteiger partial charge in [-0.15, -0.1) is 0 Å². The number of carbonyl (C=O) groups excluding carboxylic acids is 2. The number of hydrogen-bond acceptors (Lipinski definition) is 4. The smallest absolute Gasteiger partial charge is 0.257 e. The molecule has 2 aromatic rings. The molecular formula is C18H21N3O3. The average Bonchev–Trinajstić information content (AvgIpc) is 2.62. The van der Waals surface area contributed by atoms with Gasteiger partial charge in [-0.1, -0.05) is 13.3 Å². The third-order valence-electron chi connectivity index (χ3n) is 3.43. The molecule has 2 amide bonds. The molecule has 126 valence electrons. The van der Waals surface area contributed by atoms with Crippen LogP contribution in [-0.2, 0) is 0 Å². The highest BCUT2D eigenvalue weighted by Gasteiger charge is 2.11. The van der Waals surface area contributed by atoms with Crippen LogP contribution in [0.4, 0.5) is 5.69 Å². The zero-order valence-corrected chi connectivity index (χ0v) is 13.8. The molecule has 6 heteroatoms. The van der Waals surface area contributed by atoms with Crippen molar-refractivity contribution in [2.45, 2.75) is 19.8 Å². The number of carbonyl (C=O) groups is 2. The minimum absolute atomic E-state index is 0.227. The molecule has 1 aromatic heterocycles. The number of hydrogen-bond donors (Lipinski definition) is 2. The number of aromatic nitrogens is 1. The third-order valence-corrected chi connectivity index (χ3v) is 3.43. The fraction of sp³-hybridized carbons (Fsp3) is 0.278. The van der Waals surface area contributed by atoms with Crippen LogP contribution >= 0.6 is 0 Å². The zero-order valence-electron chi connectivity index (χ0n) is 13.8. The van der Waals surface area contributed by atoms with Crippen LogP contribution in [0, 0.1) is 0 Å². The SMILES string of the molecule is CCCCNC(=O)c1cncc(C(=O)Nc2ccc(OC)cc2)c1. The number of amides is 2. The Morgan fingerprint density at radius 1 is 1.08 bits per heavy atom. The fourth-order valence-corrected chi connectivity index (χ4v) is 2.05. The molecule has 6 nitrogen and oxygen atoms in total. The van der Waals surface area contributed by atoms with Gasteiger partial charge in [-0.3, -0.25) is 14.6 Å². The molecule has 1 aromatic carbocycles. The van der Waals surface area contributed by atoms with Crippen LogP contribution in [0.5, 0.6) is 5.75 Å². The van der Waals surface area contributed by atoms with Crippen molar-refractivity contribution in [1.82, 2.24) is 10.3 Å². The van der Waals surface area contributed by atoms with Crippen molar-refractivity contribution in [1.29, 1.82) is 0 Å². The number of rotatable bonds is 7. The topological polar surface area (TPSA) is 80.3 Å². The molecule has 1 heterocycles. The van der Waals surface area contributed by atoms with Crippen LogP contribution in [0.15, 0.2) is 42.7 Å². The highest BCUT2D eigenvalue weighted by atomic mass is 16.5. The van der Waals surface area contributed by atoms with E-state index in [2.05, 4.69) is 22.5 Å². The monoisotopic (exact) mass is 327 g/mol. The van der Waals surface area contributed by atoms with E-state index in [4.69, 9.17) is 4.74 Å². The van der Waals surface area contributed by atoms with Crippen LogP contribution in [0.25, 0.3) is 0 Å². The van der Waals surface area contributed by atoms with Crippen LogP contribution in [0.3, 0.4) is 0 Å². The van der Waals surface area contributed by atoms with Crippen LogP contribution in [-0.4, -0.2) is 30.5 Å². The maximum absolute atomic E-state index is 12.3. The summed E-state index contributed by atoms with van der Waals surface area (Å²) in [7, 11) is 1.58. The van der Waals surface area contributed by atoms with E-state index in [9.17, 15) is 9.59 Å². The van der Waals surface area contributed by atoms with Crippen LogP contribution < -0.4 is 15.4 Å². The van der Waals surface area contributed by atoms with Gasteiger partial charge in [0.15, 0.2) is 0 Å². The second-order valence-electron chi connectivity index (χ2n) is 5.25. The van der Waals surface area contributed by atoms with Crippen molar-refractivity contribution < 1.29 is 14.3 Å². The molecule has 0 atom stereocenters. The normalized spacial score (nSPS) is 10.1. The van der Waals surface area contributed by atoms with Gasteiger partial charge >= 0.3 is 0 Å². The first kappa shape index (κ1) is 17.5. The van der Waals surface area contributed by atoms with Gasteiger partial charge < -0.3 is 15.4 Å². The van der Waals surface area contributed by atoms with E-state index in [0.29, 0.717) is 29.1 Å². The van der Waals surface area contributed by atoms with Gasteiger partial charge in [0.25, 0.3) is 11.8 Å². The van der Waals surface area contributed by atoms with Crippen molar-refractivity contribution in [2.24, 2.45) is 0 Å². The molecule has 0 bridgehead atoms. The van der Waals surface area contributed by atoms with E-state index in [-0.39, 0.29) is 11.8 Å². The predicted molar refractivity (Wildman–Crippen MR) is 92.4 cm³/mol. The van der Waals surface area contributed by atoms with Gasteiger partial charge in [-0.2, -0.15) is 0 Å². The summed E-state index contributed by atoms with van der Waals surface area (Å²) in [5.41, 5.74) is 1.33. The number of anilines is 1. The number of unbranched alkanes of at least 4 members (excludes halogenated alkanes) is 1. The van der Waals surface area contributed by atoms with Crippen molar-refractivity contribution in [2.75, 3.05) is 19.0 Å². The average molecular weight is 327 g/mol. The largest absolute Gasteiger partial charge is 0.497 e. The number of pyridine rings is 1. The van der Waals surface area contributed by atoms with Crippen molar-refractivity contribution in [3.8, 4) is 5.75 Å².